The van der Waals surface area contributed by atoms with E-state index < -0.39 is 5.97 Å². The van der Waals surface area contributed by atoms with Gasteiger partial charge in [-0.05, 0) is 37.0 Å². The van der Waals surface area contributed by atoms with E-state index in [2.05, 4.69) is 0 Å². The summed E-state index contributed by atoms with van der Waals surface area (Å²) in [6, 6.07) is 5.84. The van der Waals surface area contributed by atoms with Gasteiger partial charge in [-0.15, -0.1) is 0 Å². The SMILES string of the molecule is CCOc1ccc(C(C)CC(=O)O)cc1C. The molecule has 0 aliphatic heterocycles. The summed E-state index contributed by atoms with van der Waals surface area (Å²) in [5, 5.41) is 8.73. The summed E-state index contributed by atoms with van der Waals surface area (Å²) < 4.78 is 5.44. The first-order valence-corrected chi connectivity index (χ1v) is 5.49. The third kappa shape index (κ3) is 3.26. The zero-order chi connectivity index (χ0) is 12.1. The molecular weight excluding hydrogens is 204 g/mol. The second-order valence-electron chi connectivity index (χ2n) is 3.96. The van der Waals surface area contributed by atoms with Crippen LogP contribution in [0.15, 0.2) is 18.2 Å². The summed E-state index contributed by atoms with van der Waals surface area (Å²) in [6.45, 7) is 6.48. The lowest BCUT2D eigenvalue weighted by molar-refractivity contribution is -0.137. The molecule has 16 heavy (non-hydrogen) atoms. The molecule has 1 aromatic rings. The summed E-state index contributed by atoms with van der Waals surface area (Å²) in [5.41, 5.74) is 2.10. The van der Waals surface area contributed by atoms with Crippen LogP contribution in [0.5, 0.6) is 5.75 Å². The molecule has 0 spiro atoms. The van der Waals surface area contributed by atoms with Crippen LogP contribution in [0.25, 0.3) is 0 Å². The zero-order valence-corrected chi connectivity index (χ0v) is 9.99. The average Bonchev–Trinajstić information content (AvgIpc) is 2.20. The van der Waals surface area contributed by atoms with Crippen molar-refractivity contribution in [1.82, 2.24) is 0 Å². The molecule has 1 N–H and O–H groups in total. The van der Waals surface area contributed by atoms with Gasteiger partial charge >= 0.3 is 5.97 Å². The molecule has 88 valence electrons. The highest BCUT2D eigenvalue weighted by molar-refractivity contribution is 5.68. The number of hydrogen-bond donors (Lipinski definition) is 1. The second kappa shape index (κ2) is 5.54. The van der Waals surface area contributed by atoms with Crippen LogP contribution in [0.3, 0.4) is 0 Å². The zero-order valence-electron chi connectivity index (χ0n) is 9.99. The van der Waals surface area contributed by atoms with E-state index >= 15 is 0 Å². The Balaban J connectivity index is 2.83. The Morgan fingerprint density at radius 1 is 1.50 bits per heavy atom. The Labute approximate surface area is 96.1 Å². The van der Waals surface area contributed by atoms with Crippen LogP contribution in [-0.4, -0.2) is 17.7 Å². The molecule has 0 aliphatic carbocycles. The highest BCUT2D eigenvalue weighted by Gasteiger charge is 2.11. The van der Waals surface area contributed by atoms with E-state index in [4.69, 9.17) is 9.84 Å². The van der Waals surface area contributed by atoms with Crippen LogP contribution < -0.4 is 4.74 Å². The fourth-order valence-electron chi connectivity index (χ4n) is 1.68. The number of aryl methyl sites for hydroxylation is 1. The molecule has 3 nitrogen and oxygen atoms in total. The predicted molar refractivity (Wildman–Crippen MR) is 63.0 cm³/mol. The van der Waals surface area contributed by atoms with Crippen LogP contribution in [0.4, 0.5) is 0 Å². The maximum absolute atomic E-state index is 10.6. The van der Waals surface area contributed by atoms with Crippen LogP contribution in [0, 0.1) is 6.92 Å². The topological polar surface area (TPSA) is 46.5 Å². The molecule has 0 radical (unpaired) electrons. The molecule has 0 aliphatic rings. The third-order valence-electron chi connectivity index (χ3n) is 2.55. The molecule has 0 aromatic heterocycles. The fraction of sp³-hybridized carbons (Fsp3) is 0.462. The van der Waals surface area contributed by atoms with Crippen molar-refractivity contribution >= 4 is 5.97 Å². The number of carbonyl (C=O) groups is 1. The third-order valence-corrected chi connectivity index (χ3v) is 2.55. The Morgan fingerprint density at radius 3 is 2.69 bits per heavy atom. The van der Waals surface area contributed by atoms with E-state index in [0.29, 0.717) is 6.61 Å². The van der Waals surface area contributed by atoms with Gasteiger partial charge in [0.1, 0.15) is 5.75 Å². The van der Waals surface area contributed by atoms with Crippen LogP contribution in [0.2, 0.25) is 0 Å². The smallest absolute Gasteiger partial charge is 0.303 e. The van der Waals surface area contributed by atoms with Gasteiger partial charge in [0, 0.05) is 0 Å². The number of hydrogen-bond acceptors (Lipinski definition) is 2. The first-order chi connectivity index (χ1) is 7.54. The summed E-state index contributed by atoms with van der Waals surface area (Å²) >= 11 is 0. The molecule has 0 amide bonds. The lowest BCUT2D eigenvalue weighted by Crippen LogP contribution is -2.03. The van der Waals surface area contributed by atoms with Crippen LogP contribution >= 0.6 is 0 Å². The van der Waals surface area contributed by atoms with Gasteiger partial charge in [0.2, 0.25) is 0 Å². The van der Waals surface area contributed by atoms with Crippen molar-refractivity contribution in [3.05, 3.63) is 29.3 Å². The Morgan fingerprint density at radius 2 is 2.19 bits per heavy atom. The van der Waals surface area contributed by atoms with E-state index in [1.165, 1.54) is 0 Å². The first-order valence-electron chi connectivity index (χ1n) is 5.49. The normalized spacial score (nSPS) is 12.2. The molecular formula is C13H18O3. The van der Waals surface area contributed by atoms with E-state index in [1.54, 1.807) is 0 Å². The molecule has 0 heterocycles. The van der Waals surface area contributed by atoms with Crippen molar-refractivity contribution in [2.45, 2.75) is 33.1 Å². The lowest BCUT2D eigenvalue weighted by atomic mass is 9.96. The maximum atomic E-state index is 10.6. The predicted octanol–water partition coefficient (Wildman–Crippen LogP) is 2.97. The molecule has 3 heteroatoms. The van der Waals surface area contributed by atoms with Gasteiger partial charge in [-0.1, -0.05) is 19.1 Å². The van der Waals surface area contributed by atoms with Gasteiger partial charge in [0.05, 0.1) is 13.0 Å². The molecule has 0 saturated heterocycles. The summed E-state index contributed by atoms with van der Waals surface area (Å²) in [7, 11) is 0. The quantitative estimate of drug-likeness (QED) is 0.833. The minimum absolute atomic E-state index is 0.0341. The molecule has 1 rings (SSSR count). The number of carboxylic acid groups (broad SMARTS) is 1. The molecule has 0 fully saturated rings. The van der Waals surface area contributed by atoms with Crippen molar-refractivity contribution in [2.75, 3.05) is 6.61 Å². The number of benzene rings is 1. The van der Waals surface area contributed by atoms with E-state index in [9.17, 15) is 4.79 Å². The number of rotatable bonds is 5. The first kappa shape index (κ1) is 12.6. The highest BCUT2D eigenvalue weighted by Crippen LogP contribution is 2.25. The van der Waals surface area contributed by atoms with Gasteiger partial charge in [0.15, 0.2) is 0 Å². The van der Waals surface area contributed by atoms with Gasteiger partial charge in [0.25, 0.3) is 0 Å². The molecule has 1 unspecified atom stereocenters. The van der Waals surface area contributed by atoms with Crippen molar-refractivity contribution in [3.63, 3.8) is 0 Å². The number of ether oxygens (including phenoxy) is 1. The Bertz CT molecular complexity index is 371. The number of aliphatic carboxylic acids is 1. The van der Waals surface area contributed by atoms with Crippen LogP contribution in [-0.2, 0) is 4.79 Å². The van der Waals surface area contributed by atoms with E-state index in [1.807, 2.05) is 39.0 Å². The standard InChI is InChI=1S/C13H18O3/c1-4-16-12-6-5-11(7-10(12)3)9(2)8-13(14)15/h5-7,9H,4,8H2,1-3H3,(H,14,15). The van der Waals surface area contributed by atoms with Crippen molar-refractivity contribution in [1.29, 1.82) is 0 Å². The summed E-state index contributed by atoms with van der Waals surface area (Å²) in [6.07, 6.45) is 0.160. The maximum Gasteiger partial charge on any atom is 0.303 e. The molecule has 0 bridgehead atoms. The molecule has 1 atom stereocenters. The van der Waals surface area contributed by atoms with Gasteiger partial charge in [-0.3, -0.25) is 4.79 Å². The average molecular weight is 222 g/mol. The van der Waals surface area contributed by atoms with Crippen LogP contribution in [0.1, 0.15) is 37.3 Å². The van der Waals surface area contributed by atoms with Crippen molar-refractivity contribution < 1.29 is 14.6 Å². The molecule has 1 aromatic carbocycles. The van der Waals surface area contributed by atoms with Gasteiger partial charge in [-0.25, -0.2) is 0 Å². The van der Waals surface area contributed by atoms with Gasteiger partial charge in [-0.2, -0.15) is 0 Å². The summed E-state index contributed by atoms with van der Waals surface area (Å²) in [5.74, 6) is 0.139. The second-order valence-corrected chi connectivity index (χ2v) is 3.96. The van der Waals surface area contributed by atoms with Gasteiger partial charge < -0.3 is 9.84 Å². The van der Waals surface area contributed by atoms with Crippen molar-refractivity contribution in [2.24, 2.45) is 0 Å². The fourth-order valence-corrected chi connectivity index (χ4v) is 1.68. The Kier molecular flexibility index (Phi) is 4.35. The Hall–Kier alpha value is -1.51. The van der Waals surface area contributed by atoms with Crippen molar-refractivity contribution in [3.8, 4) is 5.75 Å². The minimum atomic E-state index is -0.765. The van der Waals surface area contributed by atoms with E-state index in [-0.39, 0.29) is 12.3 Å². The largest absolute Gasteiger partial charge is 0.494 e. The molecule has 0 saturated carbocycles. The highest BCUT2D eigenvalue weighted by atomic mass is 16.5. The lowest BCUT2D eigenvalue weighted by Gasteiger charge is -2.12. The summed E-state index contributed by atoms with van der Waals surface area (Å²) in [4.78, 5) is 10.6. The monoisotopic (exact) mass is 222 g/mol. The minimum Gasteiger partial charge on any atom is -0.494 e. The number of carboxylic acids is 1. The van der Waals surface area contributed by atoms with E-state index in [0.717, 1.165) is 16.9 Å².